The Morgan fingerprint density at radius 3 is 2.93 bits per heavy atom. The quantitative estimate of drug-likeness (QED) is 0.583. The number of aryl methyl sites for hydroxylation is 1. The molecule has 2 heterocycles. The van der Waals surface area contributed by atoms with Gasteiger partial charge in [0.15, 0.2) is 0 Å². The predicted octanol–water partition coefficient (Wildman–Crippen LogP) is 4.04. The van der Waals surface area contributed by atoms with E-state index in [2.05, 4.69) is 38.5 Å². The lowest BCUT2D eigenvalue weighted by molar-refractivity contribution is 0.0937. The first-order chi connectivity index (χ1) is 13.3. The number of amides is 1. The van der Waals surface area contributed by atoms with Crippen molar-refractivity contribution < 1.29 is 4.79 Å². The van der Waals surface area contributed by atoms with Gasteiger partial charge in [-0.05, 0) is 54.3 Å². The van der Waals surface area contributed by atoms with Gasteiger partial charge in [-0.3, -0.25) is 9.78 Å². The van der Waals surface area contributed by atoms with Crippen LogP contribution in [0.5, 0.6) is 0 Å². The number of hydrogen-bond acceptors (Lipinski definition) is 3. The Kier molecular flexibility index (Phi) is 3.71. The number of pyridine rings is 1. The second-order valence-corrected chi connectivity index (χ2v) is 6.82. The van der Waals surface area contributed by atoms with Crippen LogP contribution < -0.4 is 5.32 Å². The molecule has 0 saturated heterocycles. The molecule has 4 aromatic rings. The lowest BCUT2D eigenvalue weighted by atomic mass is 10.1. The fraction of sp³-hybridized carbons (Fsp3) is 0.136. The molecule has 0 fully saturated rings. The number of benzene rings is 2. The summed E-state index contributed by atoms with van der Waals surface area (Å²) in [6.45, 7) is 0. The molecule has 2 aromatic heterocycles. The number of carbonyl (C=O) groups is 1. The number of fused-ring (bicyclic) bond motifs is 2. The van der Waals surface area contributed by atoms with Crippen molar-refractivity contribution in [3.63, 3.8) is 0 Å². The van der Waals surface area contributed by atoms with Crippen LogP contribution in [0.15, 0.2) is 67.0 Å². The molecule has 0 radical (unpaired) electrons. The number of H-pyrrole nitrogens is 1. The molecule has 2 aromatic carbocycles. The Labute approximate surface area is 156 Å². The Hall–Kier alpha value is -3.47. The first-order valence-electron chi connectivity index (χ1n) is 9.07. The van der Waals surface area contributed by atoms with Gasteiger partial charge < -0.3 is 10.3 Å². The molecule has 0 aliphatic heterocycles. The van der Waals surface area contributed by atoms with Crippen LogP contribution in [0.1, 0.15) is 33.9 Å². The van der Waals surface area contributed by atoms with E-state index in [0.29, 0.717) is 5.56 Å². The Morgan fingerprint density at radius 2 is 2.04 bits per heavy atom. The van der Waals surface area contributed by atoms with E-state index < -0.39 is 0 Å². The topological polar surface area (TPSA) is 70.7 Å². The normalized spacial score (nSPS) is 15.6. The van der Waals surface area contributed by atoms with Crippen LogP contribution in [0.2, 0.25) is 0 Å². The summed E-state index contributed by atoms with van der Waals surface area (Å²) in [5.41, 5.74) is 5.78. The molecule has 5 rings (SSSR count). The summed E-state index contributed by atoms with van der Waals surface area (Å²) in [6, 6.07) is 17.8. The van der Waals surface area contributed by atoms with Gasteiger partial charge in [0.2, 0.25) is 0 Å². The maximum atomic E-state index is 12.8. The fourth-order valence-corrected chi connectivity index (χ4v) is 3.74. The van der Waals surface area contributed by atoms with Crippen molar-refractivity contribution in [2.24, 2.45) is 0 Å². The molecular weight excluding hydrogens is 336 g/mol. The molecule has 2 N–H and O–H groups in total. The lowest BCUT2D eigenvalue weighted by Gasteiger charge is -2.14. The van der Waals surface area contributed by atoms with Crippen LogP contribution in [0.3, 0.4) is 0 Å². The minimum Gasteiger partial charge on any atom is -0.345 e. The molecule has 0 saturated carbocycles. The zero-order valence-corrected chi connectivity index (χ0v) is 14.6. The van der Waals surface area contributed by atoms with Crippen molar-refractivity contribution in [1.29, 1.82) is 0 Å². The van der Waals surface area contributed by atoms with E-state index in [1.165, 1.54) is 11.1 Å². The number of aromatic nitrogens is 3. The van der Waals surface area contributed by atoms with Crippen LogP contribution >= 0.6 is 0 Å². The summed E-state index contributed by atoms with van der Waals surface area (Å²) in [5, 5.41) is 3.17. The van der Waals surface area contributed by atoms with E-state index in [4.69, 9.17) is 0 Å². The molecule has 0 spiro atoms. The van der Waals surface area contributed by atoms with Gasteiger partial charge in [-0.15, -0.1) is 0 Å². The maximum absolute atomic E-state index is 12.8. The third kappa shape index (κ3) is 2.87. The Morgan fingerprint density at radius 1 is 1.11 bits per heavy atom. The zero-order valence-electron chi connectivity index (χ0n) is 14.6. The molecule has 1 atom stereocenters. The van der Waals surface area contributed by atoms with E-state index >= 15 is 0 Å². The van der Waals surface area contributed by atoms with Crippen LogP contribution in [0.25, 0.3) is 22.4 Å². The van der Waals surface area contributed by atoms with Crippen LogP contribution in [-0.4, -0.2) is 20.9 Å². The van der Waals surface area contributed by atoms with Crippen LogP contribution in [-0.2, 0) is 6.42 Å². The van der Waals surface area contributed by atoms with E-state index in [1.807, 2.05) is 36.4 Å². The average molecular weight is 354 g/mol. The third-order valence-electron chi connectivity index (χ3n) is 5.12. The summed E-state index contributed by atoms with van der Waals surface area (Å²) >= 11 is 0. The van der Waals surface area contributed by atoms with E-state index in [-0.39, 0.29) is 11.9 Å². The number of nitrogens with zero attached hydrogens (tertiary/aromatic N) is 2. The summed E-state index contributed by atoms with van der Waals surface area (Å²) in [6.07, 6.45) is 5.45. The van der Waals surface area contributed by atoms with Crippen molar-refractivity contribution in [3.8, 4) is 11.4 Å². The summed E-state index contributed by atoms with van der Waals surface area (Å²) in [5.74, 6) is 0.691. The third-order valence-corrected chi connectivity index (χ3v) is 5.12. The standard InChI is InChI=1S/C22H18N4O/c27-22(26-18-9-7-14-4-1-2-6-17(14)18)15-8-10-19-20(12-15)25-21(24-19)16-5-3-11-23-13-16/h1-6,8,10-13,18H,7,9H2,(H,24,25)(H,26,27)/t18-/m0/s1. The number of hydrogen-bond donors (Lipinski definition) is 2. The number of carbonyl (C=O) groups excluding carboxylic acids is 1. The largest absolute Gasteiger partial charge is 0.345 e. The number of rotatable bonds is 3. The Balaban J connectivity index is 1.41. The van der Waals surface area contributed by atoms with Gasteiger partial charge in [-0.25, -0.2) is 4.98 Å². The zero-order chi connectivity index (χ0) is 18.2. The van der Waals surface area contributed by atoms with Crippen molar-refractivity contribution in [2.75, 3.05) is 0 Å². The highest BCUT2D eigenvalue weighted by atomic mass is 16.1. The monoisotopic (exact) mass is 354 g/mol. The molecule has 132 valence electrons. The molecule has 1 aliphatic carbocycles. The average Bonchev–Trinajstić information content (AvgIpc) is 3.32. The minimum absolute atomic E-state index is 0.0591. The molecule has 1 amide bonds. The molecule has 1 aliphatic rings. The van der Waals surface area contributed by atoms with Crippen molar-refractivity contribution in [2.45, 2.75) is 18.9 Å². The Bertz CT molecular complexity index is 1130. The van der Waals surface area contributed by atoms with E-state index in [0.717, 1.165) is 35.3 Å². The van der Waals surface area contributed by atoms with Gasteiger partial charge in [-0.2, -0.15) is 0 Å². The summed E-state index contributed by atoms with van der Waals surface area (Å²) in [4.78, 5) is 24.8. The highest BCUT2D eigenvalue weighted by Crippen LogP contribution is 2.31. The smallest absolute Gasteiger partial charge is 0.251 e. The van der Waals surface area contributed by atoms with Gasteiger partial charge in [0.05, 0.1) is 17.1 Å². The molecular formula is C22H18N4O. The van der Waals surface area contributed by atoms with Crippen LogP contribution in [0.4, 0.5) is 0 Å². The number of imidazole rings is 1. The van der Waals surface area contributed by atoms with Crippen molar-refractivity contribution in [1.82, 2.24) is 20.3 Å². The molecule has 27 heavy (non-hydrogen) atoms. The summed E-state index contributed by atoms with van der Waals surface area (Å²) in [7, 11) is 0. The van der Waals surface area contributed by atoms with Crippen LogP contribution in [0, 0.1) is 0 Å². The molecule has 0 bridgehead atoms. The van der Waals surface area contributed by atoms with Gasteiger partial charge in [0.25, 0.3) is 5.91 Å². The molecule has 5 nitrogen and oxygen atoms in total. The maximum Gasteiger partial charge on any atom is 0.251 e. The predicted molar refractivity (Wildman–Crippen MR) is 104 cm³/mol. The minimum atomic E-state index is -0.0591. The first-order valence-corrected chi connectivity index (χ1v) is 9.07. The van der Waals surface area contributed by atoms with Gasteiger partial charge in [0, 0.05) is 23.5 Å². The first kappa shape index (κ1) is 15.8. The second kappa shape index (κ2) is 6.36. The SMILES string of the molecule is O=C(N[C@H]1CCc2ccccc21)c1ccc2nc(-c3cccnc3)[nH]c2c1. The van der Waals surface area contributed by atoms with Gasteiger partial charge in [-0.1, -0.05) is 24.3 Å². The second-order valence-electron chi connectivity index (χ2n) is 6.82. The van der Waals surface area contributed by atoms with E-state index in [9.17, 15) is 4.79 Å². The molecule has 0 unspecified atom stereocenters. The lowest BCUT2D eigenvalue weighted by Crippen LogP contribution is -2.27. The summed E-state index contributed by atoms with van der Waals surface area (Å²) < 4.78 is 0. The fourth-order valence-electron chi connectivity index (χ4n) is 3.74. The van der Waals surface area contributed by atoms with Crippen molar-refractivity contribution in [3.05, 3.63) is 83.7 Å². The number of aromatic amines is 1. The van der Waals surface area contributed by atoms with Gasteiger partial charge >= 0.3 is 0 Å². The molecule has 5 heteroatoms. The van der Waals surface area contributed by atoms with E-state index in [1.54, 1.807) is 12.4 Å². The highest BCUT2D eigenvalue weighted by molar-refractivity contribution is 5.98. The number of nitrogens with one attached hydrogen (secondary N) is 2. The van der Waals surface area contributed by atoms with Gasteiger partial charge in [0.1, 0.15) is 5.82 Å². The van der Waals surface area contributed by atoms with Crippen molar-refractivity contribution >= 4 is 16.9 Å². The highest BCUT2D eigenvalue weighted by Gasteiger charge is 2.24.